The monoisotopic (exact) mass is 293 g/mol. The van der Waals surface area contributed by atoms with Crippen molar-refractivity contribution in [3.63, 3.8) is 0 Å². The SMILES string of the molecule is CC1(C)[C@H]2CC[C@H](C2)[C@@]1(C)NC(=O)C[NH2+]C1CCCCC1. The van der Waals surface area contributed by atoms with Gasteiger partial charge >= 0.3 is 0 Å². The van der Waals surface area contributed by atoms with Gasteiger partial charge in [-0.2, -0.15) is 0 Å². The quantitative estimate of drug-likeness (QED) is 0.820. The van der Waals surface area contributed by atoms with Crippen LogP contribution < -0.4 is 10.6 Å². The molecule has 1 amide bonds. The van der Waals surface area contributed by atoms with Crippen molar-refractivity contribution in [2.75, 3.05) is 6.54 Å². The highest BCUT2D eigenvalue weighted by Crippen LogP contribution is 2.61. The van der Waals surface area contributed by atoms with E-state index in [1.165, 1.54) is 51.4 Å². The van der Waals surface area contributed by atoms with Gasteiger partial charge in [0.05, 0.1) is 6.04 Å². The Morgan fingerprint density at radius 2 is 1.71 bits per heavy atom. The fourth-order valence-electron chi connectivity index (χ4n) is 5.36. The first-order valence-corrected chi connectivity index (χ1v) is 9.08. The summed E-state index contributed by atoms with van der Waals surface area (Å²) in [5.74, 6) is 1.75. The first-order chi connectivity index (χ1) is 9.93. The number of fused-ring (bicyclic) bond motifs is 2. The number of quaternary nitrogens is 1. The Labute approximate surface area is 129 Å². The van der Waals surface area contributed by atoms with Crippen molar-refractivity contribution in [2.24, 2.45) is 17.3 Å². The predicted molar refractivity (Wildman–Crippen MR) is 84.8 cm³/mol. The van der Waals surface area contributed by atoms with E-state index < -0.39 is 0 Å². The van der Waals surface area contributed by atoms with E-state index in [1.807, 2.05) is 0 Å². The molecule has 0 saturated heterocycles. The van der Waals surface area contributed by atoms with Crippen LogP contribution in [0.4, 0.5) is 0 Å². The van der Waals surface area contributed by atoms with Crippen LogP contribution in [0.1, 0.15) is 72.1 Å². The van der Waals surface area contributed by atoms with Gasteiger partial charge < -0.3 is 10.6 Å². The van der Waals surface area contributed by atoms with Gasteiger partial charge in [0.15, 0.2) is 6.54 Å². The Kier molecular flexibility index (Phi) is 4.06. The molecular formula is C18H33N2O+. The molecule has 0 aromatic rings. The Bertz CT molecular complexity index is 400. The number of carbonyl (C=O) groups is 1. The Morgan fingerprint density at radius 1 is 1.05 bits per heavy atom. The van der Waals surface area contributed by atoms with Gasteiger partial charge in [0.2, 0.25) is 0 Å². The van der Waals surface area contributed by atoms with Crippen LogP contribution in [-0.4, -0.2) is 24.0 Å². The molecule has 120 valence electrons. The summed E-state index contributed by atoms with van der Waals surface area (Å²) in [5, 5.41) is 5.74. The predicted octanol–water partition coefficient (Wildman–Crippen LogP) is 2.21. The topological polar surface area (TPSA) is 45.7 Å². The van der Waals surface area contributed by atoms with Crippen molar-refractivity contribution in [3.8, 4) is 0 Å². The average Bonchev–Trinajstić information content (AvgIpc) is 3.01. The second-order valence-corrected chi connectivity index (χ2v) is 8.52. The molecule has 0 aromatic carbocycles. The third-order valence-corrected chi connectivity index (χ3v) is 7.29. The van der Waals surface area contributed by atoms with E-state index in [-0.39, 0.29) is 16.9 Å². The molecule has 21 heavy (non-hydrogen) atoms. The second kappa shape index (κ2) is 5.57. The Hall–Kier alpha value is -0.570. The minimum Gasteiger partial charge on any atom is -0.345 e. The zero-order valence-electron chi connectivity index (χ0n) is 14.1. The minimum absolute atomic E-state index is 0.00735. The van der Waals surface area contributed by atoms with Crippen LogP contribution in [0.3, 0.4) is 0 Å². The molecule has 0 radical (unpaired) electrons. The lowest BCUT2D eigenvalue weighted by Crippen LogP contribution is -2.92. The van der Waals surface area contributed by atoms with E-state index in [9.17, 15) is 4.79 Å². The molecule has 3 rings (SSSR count). The molecule has 0 aromatic heterocycles. The molecule has 3 nitrogen and oxygen atoms in total. The molecule has 3 saturated carbocycles. The number of nitrogens with one attached hydrogen (secondary N) is 1. The molecule has 3 atom stereocenters. The van der Waals surface area contributed by atoms with E-state index in [1.54, 1.807) is 0 Å². The van der Waals surface area contributed by atoms with Gasteiger partial charge in [0.25, 0.3) is 5.91 Å². The summed E-state index contributed by atoms with van der Waals surface area (Å²) >= 11 is 0. The zero-order valence-corrected chi connectivity index (χ0v) is 14.1. The highest BCUT2D eigenvalue weighted by atomic mass is 16.2. The molecule has 0 aliphatic heterocycles. The number of hydrogen-bond donors (Lipinski definition) is 2. The maximum absolute atomic E-state index is 12.5. The van der Waals surface area contributed by atoms with E-state index in [0.29, 0.717) is 18.5 Å². The van der Waals surface area contributed by atoms with Gasteiger partial charge in [0, 0.05) is 5.54 Å². The van der Waals surface area contributed by atoms with Crippen LogP contribution in [0.25, 0.3) is 0 Å². The third-order valence-electron chi connectivity index (χ3n) is 7.29. The molecule has 3 fully saturated rings. The van der Waals surface area contributed by atoms with Crippen LogP contribution in [0.15, 0.2) is 0 Å². The van der Waals surface area contributed by atoms with Gasteiger partial charge in [-0.3, -0.25) is 4.79 Å². The van der Waals surface area contributed by atoms with Gasteiger partial charge in [-0.25, -0.2) is 0 Å². The van der Waals surface area contributed by atoms with E-state index in [0.717, 1.165) is 5.92 Å². The standard InChI is InChI=1S/C18H32N2O/c1-17(2)13-9-10-14(11-13)18(17,3)20-16(21)12-19-15-7-5-4-6-8-15/h13-15,19H,4-12H2,1-3H3,(H,20,21)/p+1/t13-,14+,18+/m0/s1. The summed E-state index contributed by atoms with van der Waals surface area (Å²) in [6, 6.07) is 0.686. The number of nitrogens with two attached hydrogens (primary N) is 1. The summed E-state index contributed by atoms with van der Waals surface area (Å²) in [6.45, 7) is 7.65. The van der Waals surface area contributed by atoms with Crippen molar-refractivity contribution in [3.05, 3.63) is 0 Å². The highest BCUT2D eigenvalue weighted by Gasteiger charge is 2.60. The molecular weight excluding hydrogens is 260 g/mol. The summed E-state index contributed by atoms with van der Waals surface area (Å²) in [7, 11) is 0. The van der Waals surface area contributed by atoms with Crippen molar-refractivity contribution in [1.29, 1.82) is 0 Å². The number of amides is 1. The Balaban J connectivity index is 1.54. The van der Waals surface area contributed by atoms with Crippen molar-refractivity contribution >= 4 is 5.91 Å². The first-order valence-electron chi connectivity index (χ1n) is 9.08. The lowest BCUT2D eigenvalue weighted by molar-refractivity contribution is -0.681. The smallest absolute Gasteiger partial charge is 0.275 e. The zero-order chi connectivity index (χ0) is 15.1. The van der Waals surface area contributed by atoms with Gasteiger partial charge in [-0.05, 0) is 69.1 Å². The molecule has 0 heterocycles. The maximum atomic E-state index is 12.5. The first kappa shape index (κ1) is 15.3. The molecule has 0 spiro atoms. The summed E-state index contributed by atoms with van der Waals surface area (Å²) < 4.78 is 0. The van der Waals surface area contributed by atoms with Crippen LogP contribution in [0.5, 0.6) is 0 Å². The normalized spacial score (nSPS) is 38.6. The molecule has 3 heteroatoms. The van der Waals surface area contributed by atoms with Crippen molar-refractivity contribution in [1.82, 2.24) is 5.32 Å². The van der Waals surface area contributed by atoms with E-state index in [2.05, 4.69) is 31.4 Å². The summed E-state index contributed by atoms with van der Waals surface area (Å²) in [6.07, 6.45) is 10.6. The van der Waals surface area contributed by atoms with Crippen LogP contribution >= 0.6 is 0 Å². The average molecular weight is 293 g/mol. The van der Waals surface area contributed by atoms with Crippen molar-refractivity contribution < 1.29 is 10.1 Å². The molecule has 3 aliphatic rings. The van der Waals surface area contributed by atoms with Gasteiger partial charge in [-0.15, -0.1) is 0 Å². The second-order valence-electron chi connectivity index (χ2n) is 8.52. The van der Waals surface area contributed by atoms with E-state index in [4.69, 9.17) is 0 Å². The molecule has 3 N–H and O–H groups in total. The van der Waals surface area contributed by atoms with Crippen molar-refractivity contribution in [2.45, 2.75) is 83.7 Å². The lowest BCUT2D eigenvalue weighted by atomic mass is 9.64. The summed E-state index contributed by atoms with van der Waals surface area (Å²) in [4.78, 5) is 12.5. The summed E-state index contributed by atoms with van der Waals surface area (Å²) in [5.41, 5.74) is 0.254. The van der Waals surface area contributed by atoms with Gasteiger partial charge in [0.1, 0.15) is 0 Å². The minimum atomic E-state index is 0.00735. The number of rotatable bonds is 4. The lowest BCUT2D eigenvalue weighted by Gasteiger charge is -2.48. The number of carbonyl (C=O) groups excluding carboxylic acids is 1. The van der Waals surface area contributed by atoms with Gasteiger partial charge in [-0.1, -0.05) is 20.3 Å². The molecule has 0 unspecified atom stereocenters. The highest BCUT2D eigenvalue weighted by molar-refractivity contribution is 5.77. The fraction of sp³-hybridized carbons (Fsp3) is 0.944. The third kappa shape index (κ3) is 2.62. The fourth-order valence-corrected chi connectivity index (χ4v) is 5.36. The molecule has 3 aliphatic carbocycles. The largest absolute Gasteiger partial charge is 0.345 e. The van der Waals surface area contributed by atoms with Crippen LogP contribution in [0.2, 0.25) is 0 Å². The molecule has 2 bridgehead atoms. The van der Waals surface area contributed by atoms with E-state index >= 15 is 0 Å². The Morgan fingerprint density at radius 3 is 2.33 bits per heavy atom. The van der Waals surface area contributed by atoms with Crippen LogP contribution in [0, 0.1) is 17.3 Å². The maximum Gasteiger partial charge on any atom is 0.275 e. The number of hydrogen-bond acceptors (Lipinski definition) is 1. The van der Waals surface area contributed by atoms with Crippen LogP contribution in [-0.2, 0) is 4.79 Å².